The molecule has 1 atom stereocenters. The van der Waals surface area contributed by atoms with Gasteiger partial charge in [-0.15, -0.1) is 0 Å². The number of aliphatic hydroxyl groups is 1. The number of aryl methyl sites for hydroxylation is 1. The van der Waals surface area contributed by atoms with E-state index < -0.39 is 29.9 Å². The number of hydrogen-bond acceptors (Lipinski definition) is 7. The fourth-order valence-electron chi connectivity index (χ4n) is 3.22. The van der Waals surface area contributed by atoms with E-state index in [1.165, 1.54) is 11.0 Å². The lowest BCUT2D eigenvalue weighted by Crippen LogP contribution is -2.55. The van der Waals surface area contributed by atoms with Crippen LogP contribution in [0.15, 0.2) is 16.3 Å². The lowest BCUT2D eigenvalue weighted by molar-refractivity contribution is -0.188. The summed E-state index contributed by atoms with van der Waals surface area (Å²) in [4.78, 5) is 18.8. The summed E-state index contributed by atoms with van der Waals surface area (Å²) >= 11 is 6.19. The number of esters is 1. The Morgan fingerprint density at radius 2 is 2.03 bits per heavy atom. The molecule has 2 aliphatic rings. The molecule has 170 valence electrons. The second-order valence-corrected chi connectivity index (χ2v) is 7.63. The summed E-state index contributed by atoms with van der Waals surface area (Å²) in [6.45, 7) is 3.56. The molecule has 31 heavy (non-hydrogen) atoms. The molecule has 2 aromatic rings. The van der Waals surface area contributed by atoms with E-state index in [1.54, 1.807) is 18.9 Å². The van der Waals surface area contributed by atoms with E-state index >= 15 is 0 Å². The maximum Gasteiger partial charge on any atom is 0.430 e. The molecule has 3 heterocycles. The van der Waals surface area contributed by atoms with Gasteiger partial charge in [-0.2, -0.15) is 17.8 Å². The van der Waals surface area contributed by atoms with Gasteiger partial charge in [-0.3, -0.25) is 5.01 Å². The van der Waals surface area contributed by atoms with Crippen LogP contribution in [0.25, 0.3) is 6.08 Å². The quantitative estimate of drug-likeness (QED) is 0.514. The molecule has 0 saturated carbocycles. The molecule has 0 spiro atoms. The monoisotopic (exact) mass is 465 g/mol. The highest BCUT2D eigenvalue weighted by atomic mass is 35.5. The molecule has 1 N–H and O–H groups in total. The molecule has 0 amide bonds. The standard InChI is InChI=1S/C18H19ClF3N3O6/c1-9-5-14-12(10(2)15(9)19)6-13(16(30-14)18(20,21)22)17(27)28-3-4-29-25-24(31-25)23-7-11(26)8-23/h5-6,11,16,26H,3-4,7-8H2,1-2H3/t16-,24?,25?/m0/s1. The third-order valence-electron chi connectivity index (χ3n) is 4.91. The van der Waals surface area contributed by atoms with Crippen LogP contribution in [0.5, 0.6) is 5.75 Å². The molecule has 1 aromatic heterocycles. The largest absolute Gasteiger partial charge is 0.475 e. The highest BCUT2D eigenvalue weighted by molar-refractivity contribution is 6.32. The van der Waals surface area contributed by atoms with Crippen molar-refractivity contribution in [1.29, 1.82) is 0 Å². The molecule has 1 saturated heterocycles. The van der Waals surface area contributed by atoms with Crippen LogP contribution in [0.4, 0.5) is 13.2 Å². The van der Waals surface area contributed by atoms with E-state index in [0.29, 0.717) is 34.8 Å². The number of hydrogen-bond donors (Lipinski definition) is 1. The van der Waals surface area contributed by atoms with E-state index in [2.05, 4.69) is 0 Å². The number of carbonyl (C=O) groups is 1. The SMILES string of the molecule is Cc1cc2c(c(C)c1Cl)C=C(C(=O)OCCOn1on1N1CC(O)C1)[C@@H](C(F)(F)F)O2. The Labute approximate surface area is 178 Å². The Morgan fingerprint density at radius 1 is 1.32 bits per heavy atom. The number of aliphatic hydroxyl groups excluding tert-OH is 1. The highest BCUT2D eigenvalue weighted by Gasteiger charge is 2.49. The Bertz CT molecular complexity index is 1020. The smallest absolute Gasteiger partial charge is 0.430 e. The molecular formula is C18H19ClF3N3O6. The maximum absolute atomic E-state index is 13.5. The van der Waals surface area contributed by atoms with Gasteiger partial charge in [-0.05, 0) is 37.1 Å². The van der Waals surface area contributed by atoms with Crippen LogP contribution in [-0.4, -0.2) is 65.7 Å². The van der Waals surface area contributed by atoms with Crippen LogP contribution in [0, 0.1) is 13.8 Å². The first-order valence-electron chi connectivity index (χ1n) is 9.32. The van der Waals surface area contributed by atoms with Crippen LogP contribution in [0.1, 0.15) is 16.7 Å². The van der Waals surface area contributed by atoms with Crippen molar-refractivity contribution in [2.45, 2.75) is 32.2 Å². The molecule has 2 aliphatic heterocycles. The van der Waals surface area contributed by atoms with Gasteiger partial charge in [0.05, 0.1) is 24.8 Å². The molecule has 1 fully saturated rings. The fourth-order valence-corrected chi connectivity index (χ4v) is 3.38. The minimum Gasteiger partial charge on any atom is -0.475 e. The van der Waals surface area contributed by atoms with Crippen molar-refractivity contribution in [3.8, 4) is 5.75 Å². The van der Waals surface area contributed by atoms with Gasteiger partial charge in [0.2, 0.25) is 6.10 Å². The van der Waals surface area contributed by atoms with E-state index in [4.69, 9.17) is 30.5 Å². The number of halogens is 4. The van der Waals surface area contributed by atoms with Gasteiger partial charge in [-0.1, -0.05) is 11.6 Å². The summed E-state index contributed by atoms with van der Waals surface area (Å²) in [6.07, 6.45) is -6.62. The average Bonchev–Trinajstić information content (AvgIpc) is 3.44. The molecule has 0 aliphatic carbocycles. The number of β-amino-alcohol motifs (C(OH)–C–C–N with tert-alkyl or cyclic N) is 1. The third kappa shape index (κ3) is 4.22. The molecule has 13 heteroatoms. The summed E-state index contributed by atoms with van der Waals surface area (Å²) in [6, 6.07) is 1.41. The van der Waals surface area contributed by atoms with Crippen molar-refractivity contribution in [2.24, 2.45) is 0 Å². The topological polar surface area (TPSA) is 91.2 Å². The van der Waals surface area contributed by atoms with Crippen LogP contribution in [0.2, 0.25) is 5.02 Å². The normalized spacial score (nSPS) is 18.9. The lowest BCUT2D eigenvalue weighted by Gasteiger charge is -2.31. The number of alkyl halides is 3. The van der Waals surface area contributed by atoms with Gasteiger partial charge in [-0.25, -0.2) is 4.79 Å². The molecule has 4 rings (SSSR count). The van der Waals surface area contributed by atoms with E-state index in [1.807, 2.05) is 0 Å². The number of aromatic nitrogens is 2. The van der Waals surface area contributed by atoms with E-state index in [0.717, 1.165) is 11.1 Å². The summed E-state index contributed by atoms with van der Waals surface area (Å²) in [7, 11) is 0. The fraction of sp³-hybridized carbons (Fsp3) is 0.500. The molecule has 0 unspecified atom stereocenters. The minimum atomic E-state index is -4.82. The summed E-state index contributed by atoms with van der Waals surface area (Å²) in [5, 5.41) is 12.2. The summed E-state index contributed by atoms with van der Waals surface area (Å²) < 4.78 is 55.6. The Kier molecular flexibility index (Phi) is 5.38. The Morgan fingerprint density at radius 3 is 2.68 bits per heavy atom. The minimum absolute atomic E-state index is 0.00325. The maximum atomic E-state index is 13.5. The first-order valence-corrected chi connectivity index (χ1v) is 9.70. The van der Waals surface area contributed by atoms with Crippen LogP contribution in [0.3, 0.4) is 0 Å². The zero-order valence-electron chi connectivity index (χ0n) is 16.5. The number of carbonyl (C=O) groups excluding carboxylic acids is 1. The van der Waals surface area contributed by atoms with E-state index in [-0.39, 0.29) is 19.0 Å². The second-order valence-electron chi connectivity index (χ2n) is 7.25. The molecule has 0 bridgehead atoms. The zero-order chi connectivity index (χ0) is 22.5. The first kappa shape index (κ1) is 21.5. The molecule has 1 aromatic carbocycles. The lowest BCUT2D eigenvalue weighted by atomic mass is 9.96. The van der Waals surface area contributed by atoms with Gasteiger partial charge in [0.25, 0.3) is 0 Å². The number of rotatable bonds is 6. The molecule has 0 radical (unpaired) electrons. The Balaban J connectivity index is 1.41. The third-order valence-corrected chi connectivity index (χ3v) is 5.50. The Hall–Kier alpha value is -2.73. The van der Waals surface area contributed by atoms with Crippen LogP contribution >= 0.6 is 11.6 Å². The van der Waals surface area contributed by atoms with Crippen LogP contribution in [-0.2, 0) is 9.53 Å². The van der Waals surface area contributed by atoms with Crippen LogP contribution < -0.4 is 14.6 Å². The molecule has 9 nitrogen and oxygen atoms in total. The number of ether oxygens (including phenoxy) is 2. The first-order chi connectivity index (χ1) is 14.6. The predicted molar refractivity (Wildman–Crippen MR) is 100 cm³/mol. The van der Waals surface area contributed by atoms with Crippen molar-refractivity contribution < 1.29 is 42.0 Å². The second kappa shape index (κ2) is 7.75. The zero-order valence-corrected chi connectivity index (χ0v) is 17.2. The van der Waals surface area contributed by atoms with Crippen molar-refractivity contribution >= 4 is 23.6 Å². The van der Waals surface area contributed by atoms with Crippen molar-refractivity contribution in [2.75, 3.05) is 31.3 Å². The number of fused-ring (bicyclic) bond motifs is 1. The van der Waals surface area contributed by atoms with Gasteiger partial charge in [0.1, 0.15) is 17.4 Å². The van der Waals surface area contributed by atoms with Crippen molar-refractivity contribution in [3.05, 3.63) is 33.4 Å². The van der Waals surface area contributed by atoms with Gasteiger partial charge < -0.3 is 19.4 Å². The van der Waals surface area contributed by atoms with E-state index in [9.17, 15) is 23.1 Å². The highest BCUT2D eigenvalue weighted by Crippen LogP contribution is 2.41. The van der Waals surface area contributed by atoms with Crippen molar-refractivity contribution in [1.82, 2.24) is 9.98 Å². The van der Waals surface area contributed by atoms with Gasteiger partial charge >= 0.3 is 12.1 Å². The number of nitrogens with zero attached hydrogens (tertiary/aromatic N) is 3. The summed E-state index contributed by atoms with van der Waals surface area (Å²) in [5.41, 5.74) is 0.682. The summed E-state index contributed by atoms with van der Waals surface area (Å²) in [5.74, 6) is -1.18. The number of benzene rings is 1. The van der Waals surface area contributed by atoms with Gasteiger partial charge in [0, 0.05) is 15.5 Å². The van der Waals surface area contributed by atoms with Crippen molar-refractivity contribution in [3.63, 3.8) is 0 Å². The predicted octanol–water partition coefficient (Wildman–Crippen LogP) is 1.84. The van der Waals surface area contributed by atoms with Gasteiger partial charge in [0.15, 0.2) is 6.61 Å². The average molecular weight is 466 g/mol. The molecular weight excluding hydrogens is 447 g/mol.